The summed E-state index contributed by atoms with van der Waals surface area (Å²) in [5.74, 6) is -3.33. The van der Waals surface area contributed by atoms with Crippen LogP contribution in [0.1, 0.15) is 97.5 Å². The van der Waals surface area contributed by atoms with Crippen molar-refractivity contribution in [2.75, 3.05) is 26.2 Å². The number of likely N-dealkylation sites (tertiary alicyclic amines) is 1. The number of nitrogens with two attached hydrogens (primary N) is 3. The Balaban J connectivity index is 1.86. The van der Waals surface area contributed by atoms with Gasteiger partial charge in [-0.15, -0.1) is 0 Å². The van der Waals surface area contributed by atoms with Gasteiger partial charge in [-0.1, -0.05) is 65.2 Å². The van der Waals surface area contributed by atoms with Gasteiger partial charge in [0.1, 0.15) is 24.2 Å². The van der Waals surface area contributed by atoms with E-state index in [4.69, 9.17) is 17.2 Å². The number of aromatic amines is 1. The van der Waals surface area contributed by atoms with E-state index in [1.165, 1.54) is 0 Å². The standard InChI is InChI=1S/C40H67N9O6/c1-5-26(4)35(38(52)47-33(40(54)55)21-25(2)3)48-36(50)32(22-27-23-44-30-15-7-6-14-29(27)30)46-37(51)34-17-12-20-49(34)39(53)31(16-9-11-19-42)45-24-28(43)13-8-10-18-41/h6-7,14-15,23,25-26,28,31-35,44-45H,5,8-13,16-22,24,41-43H2,1-4H3,(H,46,51)(H,47,52)(H,48,50)(H,54,55)/t26-,28-,31-,32-,33-,34-,35-/m0/s1. The Kier molecular flexibility index (Phi) is 19.1. The minimum atomic E-state index is -1.15. The number of carboxylic acid groups (broad SMARTS) is 1. The molecule has 0 aliphatic carbocycles. The number of hydrogen-bond donors (Lipinski definition) is 9. The van der Waals surface area contributed by atoms with Gasteiger partial charge in [-0.25, -0.2) is 4.79 Å². The van der Waals surface area contributed by atoms with Crippen LogP contribution < -0.4 is 38.5 Å². The molecular weight excluding hydrogens is 702 g/mol. The molecule has 4 amide bonds. The molecule has 12 N–H and O–H groups in total. The summed E-state index contributed by atoms with van der Waals surface area (Å²) in [6.45, 7) is 9.37. The molecule has 0 spiro atoms. The molecule has 1 saturated heterocycles. The van der Waals surface area contributed by atoms with E-state index in [0.717, 1.165) is 48.6 Å². The molecule has 15 heteroatoms. The summed E-state index contributed by atoms with van der Waals surface area (Å²) in [5, 5.41) is 22.5. The van der Waals surface area contributed by atoms with E-state index in [0.29, 0.717) is 51.9 Å². The van der Waals surface area contributed by atoms with Gasteiger partial charge in [0.2, 0.25) is 23.6 Å². The first kappa shape index (κ1) is 45.3. The third kappa shape index (κ3) is 13.9. The minimum absolute atomic E-state index is 0.0110. The Labute approximate surface area is 326 Å². The molecule has 7 atom stereocenters. The highest BCUT2D eigenvalue weighted by atomic mass is 16.4. The summed E-state index contributed by atoms with van der Waals surface area (Å²) in [4.78, 5) is 73.0. The lowest BCUT2D eigenvalue weighted by molar-refractivity contribution is -0.143. The summed E-state index contributed by atoms with van der Waals surface area (Å²) in [5.41, 5.74) is 19.4. The lowest BCUT2D eigenvalue weighted by Crippen LogP contribution is -2.60. The molecule has 308 valence electrons. The molecule has 15 nitrogen and oxygen atoms in total. The molecule has 1 aliphatic rings. The summed E-state index contributed by atoms with van der Waals surface area (Å²) in [7, 11) is 0. The third-order valence-corrected chi connectivity index (χ3v) is 10.6. The molecule has 1 fully saturated rings. The summed E-state index contributed by atoms with van der Waals surface area (Å²) >= 11 is 0. The lowest BCUT2D eigenvalue weighted by Gasteiger charge is -2.31. The second-order valence-corrected chi connectivity index (χ2v) is 15.5. The molecule has 0 unspecified atom stereocenters. The molecule has 2 heterocycles. The maximum absolute atomic E-state index is 14.3. The van der Waals surface area contributed by atoms with Crippen LogP contribution in [0.15, 0.2) is 30.5 Å². The number of hydrogen-bond acceptors (Lipinski definition) is 9. The number of para-hydroxylation sites is 1. The maximum atomic E-state index is 14.3. The average Bonchev–Trinajstić information content (AvgIpc) is 3.82. The topological polar surface area (TPSA) is 251 Å². The Morgan fingerprint density at radius 3 is 2.25 bits per heavy atom. The van der Waals surface area contributed by atoms with Gasteiger partial charge in [-0.3, -0.25) is 19.2 Å². The molecule has 1 aromatic carbocycles. The van der Waals surface area contributed by atoms with Gasteiger partial charge in [-0.2, -0.15) is 0 Å². The molecule has 0 bridgehead atoms. The van der Waals surface area contributed by atoms with Crippen LogP contribution in [0.5, 0.6) is 0 Å². The van der Waals surface area contributed by atoms with Crippen molar-refractivity contribution < 1.29 is 29.1 Å². The second-order valence-electron chi connectivity index (χ2n) is 15.5. The number of unbranched alkanes of at least 4 members (excludes halogenated alkanes) is 2. The SMILES string of the molecule is CC[C@H](C)[C@H](NC(=O)[C@H](Cc1c[nH]c2ccccc12)NC(=O)[C@@H]1CCCN1C(=O)[C@H](CCCCN)NC[C@@H](N)CCCCN)C(=O)N[C@@H](CC(C)C)C(=O)O. The van der Waals surface area contributed by atoms with Gasteiger partial charge >= 0.3 is 5.97 Å². The number of carbonyl (C=O) groups is 5. The predicted molar refractivity (Wildman–Crippen MR) is 215 cm³/mol. The smallest absolute Gasteiger partial charge is 0.326 e. The fraction of sp³-hybridized carbons (Fsp3) is 0.675. The van der Waals surface area contributed by atoms with Crippen LogP contribution in [-0.2, 0) is 30.4 Å². The average molecular weight is 770 g/mol. The molecule has 55 heavy (non-hydrogen) atoms. The zero-order valence-electron chi connectivity index (χ0n) is 33.3. The zero-order chi connectivity index (χ0) is 40.5. The quantitative estimate of drug-likeness (QED) is 0.0664. The van der Waals surface area contributed by atoms with Crippen LogP contribution in [0.2, 0.25) is 0 Å². The highest BCUT2D eigenvalue weighted by Crippen LogP contribution is 2.23. The van der Waals surface area contributed by atoms with Crippen molar-refractivity contribution in [2.45, 2.75) is 135 Å². The van der Waals surface area contributed by atoms with Crippen LogP contribution in [0.3, 0.4) is 0 Å². The van der Waals surface area contributed by atoms with E-state index in [1.807, 2.05) is 52.0 Å². The number of nitrogens with one attached hydrogen (secondary N) is 5. The molecule has 2 aromatic rings. The van der Waals surface area contributed by atoms with Crippen LogP contribution in [-0.4, -0.2) is 107 Å². The number of fused-ring (bicyclic) bond motifs is 1. The Hall–Kier alpha value is -4.05. The summed E-state index contributed by atoms with van der Waals surface area (Å²) in [6, 6.07) is 2.84. The highest BCUT2D eigenvalue weighted by molar-refractivity contribution is 5.96. The van der Waals surface area contributed by atoms with Gasteiger partial charge < -0.3 is 53.5 Å². The number of nitrogens with zero attached hydrogens (tertiary/aromatic N) is 1. The largest absolute Gasteiger partial charge is 0.480 e. The normalized spacial score (nSPS) is 17.7. The molecular formula is C40H67N9O6. The van der Waals surface area contributed by atoms with E-state index < -0.39 is 53.9 Å². The van der Waals surface area contributed by atoms with E-state index in [-0.39, 0.29) is 36.6 Å². The first-order valence-corrected chi connectivity index (χ1v) is 20.2. The number of carbonyl (C=O) groups excluding carboxylic acids is 4. The molecule has 0 radical (unpaired) electrons. The van der Waals surface area contributed by atoms with Crippen molar-refractivity contribution in [3.8, 4) is 0 Å². The second kappa shape index (κ2) is 23.1. The van der Waals surface area contributed by atoms with Gasteiger partial charge in [0, 0.05) is 42.7 Å². The Morgan fingerprint density at radius 1 is 0.909 bits per heavy atom. The number of aliphatic carboxylic acids is 1. The summed E-state index contributed by atoms with van der Waals surface area (Å²) < 4.78 is 0. The van der Waals surface area contributed by atoms with Gasteiger partial charge in [0.25, 0.3) is 0 Å². The minimum Gasteiger partial charge on any atom is -0.480 e. The number of benzene rings is 1. The van der Waals surface area contributed by atoms with E-state index in [9.17, 15) is 29.1 Å². The third-order valence-electron chi connectivity index (χ3n) is 10.6. The van der Waals surface area contributed by atoms with Gasteiger partial charge in [0.05, 0.1) is 6.04 Å². The first-order valence-electron chi connectivity index (χ1n) is 20.2. The predicted octanol–water partition coefficient (Wildman–Crippen LogP) is 1.88. The number of H-pyrrole nitrogens is 1. The number of amides is 4. The van der Waals surface area contributed by atoms with Crippen LogP contribution in [0.25, 0.3) is 10.9 Å². The van der Waals surface area contributed by atoms with E-state index in [2.05, 4.69) is 26.3 Å². The molecule has 0 saturated carbocycles. The monoisotopic (exact) mass is 770 g/mol. The van der Waals surface area contributed by atoms with Crippen molar-refractivity contribution in [3.63, 3.8) is 0 Å². The van der Waals surface area contributed by atoms with Crippen LogP contribution >= 0.6 is 0 Å². The van der Waals surface area contributed by atoms with Crippen molar-refractivity contribution in [2.24, 2.45) is 29.0 Å². The fourth-order valence-corrected chi connectivity index (χ4v) is 7.16. The Morgan fingerprint density at radius 2 is 1.60 bits per heavy atom. The first-order chi connectivity index (χ1) is 26.3. The van der Waals surface area contributed by atoms with Gasteiger partial charge in [-0.05, 0) is 81.5 Å². The van der Waals surface area contributed by atoms with E-state index >= 15 is 0 Å². The fourth-order valence-electron chi connectivity index (χ4n) is 7.16. The molecule has 1 aromatic heterocycles. The molecule has 1 aliphatic heterocycles. The number of carboxylic acids is 1. The van der Waals surface area contributed by atoms with Crippen molar-refractivity contribution >= 4 is 40.5 Å². The molecule has 3 rings (SSSR count). The van der Waals surface area contributed by atoms with Crippen LogP contribution in [0.4, 0.5) is 0 Å². The van der Waals surface area contributed by atoms with E-state index in [1.54, 1.807) is 11.1 Å². The Bertz CT molecular complexity index is 1530. The van der Waals surface area contributed by atoms with Crippen molar-refractivity contribution in [3.05, 3.63) is 36.0 Å². The number of aromatic nitrogens is 1. The number of rotatable bonds is 25. The lowest BCUT2D eigenvalue weighted by atomic mass is 9.96. The van der Waals surface area contributed by atoms with Crippen LogP contribution in [0, 0.1) is 11.8 Å². The zero-order valence-corrected chi connectivity index (χ0v) is 33.3. The summed E-state index contributed by atoms with van der Waals surface area (Å²) in [6.07, 6.45) is 8.29. The maximum Gasteiger partial charge on any atom is 0.326 e. The van der Waals surface area contributed by atoms with Crippen molar-refractivity contribution in [1.82, 2.24) is 31.2 Å². The highest BCUT2D eigenvalue weighted by Gasteiger charge is 2.39. The van der Waals surface area contributed by atoms with Gasteiger partial charge in [0.15, 0.2) is 0 Å². The van der Waals surface area contributed by atoms with Crippen molar-refractivity contribution in [1.29, 1.82) is 0 Å².